The van der Waals surface area contributed by atoms with Gasteiger partial charge >= 0.3 is 0 Å². The van der Waals surface area contributed by atoms with Crippen LogP contribution in [0.3, 0.4) is 0 Å². The van der Waals surface area contributed by atoms with Crippen LogP contribution in [0.1, 0.15) is 21.7 Å². The van der Waals surface area contributed by atoms with E-state index in [0.29, 0.717) is 22.7 Å². The van der Waals surface area contributed by atoms with E-state index in [1.165, 1.54) is 6.26 Å². The number of hydrogen-bond acceptors (Lipinski definition) is 4. The van der Waals surface area contributed by atoms with Crippen molar-refractivity contribution in [1.82, 2.24) is 4.98 Å². The van der Waals surface area contributed by atoms with Gasteiger partial charge in [-0.1, -0.05) is 17.2 Å². The first kappa shape index (κ1) is 15.2. The second-order valence-electron chi connectivity index (χ2n) is 6.01. The van der Waals surface area contributed by atoms with E-state index in [-0.39, 0.29) is 11.7 Å². The number of furan rings is 1. The van der Waals surface area contributed by atoms with Crippen LogP contribution in [0.4, 0.5) is 5.69 Å². The number of anilines is 1. The molecule has 0 radical (unpaired) electrons. The summed E-state index contributed by atoms with van der Waals surface area (Å²) in [6, 6.07) is 14.8. The smallest absolute Gasteiger partial charge is 0.291 e. The Morgan fingerprint density at radius 1 is 1.04 bits per heavy atom. The number of carbonyl (C=O) groups excluding carboxylic acids is 1. The lowest BCUT2D eigenvalue weighted by Gasteiger charge is -2.01. The van der Waals surface area contributed by atoms with E-state index in [4.69, 9.17) is 8.83 Å². The molecule has 0 spiro atoms. The zero-order chi connectivity index (χ0) is 17.4. The monoisotopic (exact) mass is 332 g/mol. The van der Waals surface area contributed by atoms with E-state index >= 15 is 0 Å². The summed E-state index contributed by atoms with van der Waals surface area (Å²) in [6.07, 6.45) is 1.46. The number of oxazole rings is 1. The van der Waals surface area contributed by atoms with Crippen LogP contribution in [0.5, 0.6) is 0 Å². The molecule has 0 bridgehead atoms. The topological polar surface area (TPSA) is 68.3 Å². The van der Waals surface area contributed by atoms with E-state index in [9.17, 15) is 4.79 Å². The zero-order valence-corrected chi connectivity index (χ0v) is 13.9. The maximum absolute atomic E-state index is 12.1. The van der Waals surface area contributed by atoms with Crippen molar-refractivity contribution >= 4 is 22.7 Å². The lowest BCUT2D eigenvalue weighted by molar-refractivity contribution is 0.0996. The van der Waals surface area contributed by atoms with Gasteiger partial charge in [0.05, 0.1) is 6.26 Å². The van der Waals surface area contributed by atoms with Crippen LogP contribution in [0, 0.1) is 13.8 Å². The summed E-state index contributed by atoms with van der Waals surface area (Å²) in [7, 11) is 0. The first-order chi connectivity index (χ1) is 12.1. The summed E-state index contributed by atoms with van der Waals surface area (Å²) in [5.74, 6) is 0.523. The molecule has 2 aromatic carbocycles. The predicted octanol–water partition coefficient (Wildman–Crippen LogP) is 4.96. The molecule has 0 fully saturated rings. The summed E-state index contributed by atoms with van der Waals surface area (Å²) < 4.78 is 10.9. The average molecular weight is 332 g/mol. The fraction of sp³-hybridized carbons (Fsp3) is 0.100. The van der Waals surface area contributed by atoms with Crippen molar-refractivity contribution in [3.8, 4) is 11.5 Å². The average Bonchev–Trinajstić information content (AvgIpc) is 3.23. The maximum atomic E-state index is 12.1. The standard InChI is InChI=1S/C20H16N2O3/c1-12-8-13(2)10-14(9-12)20-22-16-11-15(5-6-17(16)25-20)21-19(23)18-4-3-7-24-18/h3-11H,1-2H3,(H,21,23). The lowest BCUT2D eigenvalue weighted by Crippen LogP contribution is -2.10. The van der Waals surface area contributed by atoms with E-state index in [1.807, 2.05) is 26.0 Å². The number of rotatable bonds is 3. The van der Waals surface area contributed by atoms with Gasteiger partial charge in [0.25, 0.3) is 5.91 Å². The molecule has 0 aliphatic rings. The number of carbonyl (C=O) groups is 1. The number of hydrogen-bond donors (Lipinski definition) is 1. The molecule has 0 aliphatic heterocycles. The molecule has 1 N–H and O–H groups in total. The van der Waals surface area contributed by atoms with Crippen molar-refractivity contribution in [1.29, 1.82) is 0 Å². The van der Waals surface area contributed by atoms with Gasteiger partial charge in [0.15, 0.2) is 11.3 Å². The number of nitrogens with zero attached hydrogens (tertiary/aromatic N) is 1. The van der Waals surface area contributed by atoms with Crippen molar-refractivity contribution in [3.05, 3.63) is 71.7 Å². The molecule has 2 aromatic heterocycles. The number of aryl methyl sites for hydroxylation is 2. The van der Waals surface area contributed by atoms with Gasteiger partial charge in [-0.15, -0.1) is 0 Å². The Hall–Kier alpha value is -3.34. The number of nitrogens with one attached hydrogen (secondary N) is 1. The quantitative estimate of drug-likeness (QED) is 0.576. The third kappa shape index (κ3) is 3.04. The second kappa shape index (κ2) is 5.94. The fourth-order valence-electron chi connectivity index (χ4n) is 2.83. The third-order valence-corrected chi connectivity index (χ3v) is 3.86. The van der Waals surface area contributed by atoms with E-state index < -0.39 is 0 Å². The third-order valence-electron chi connectivity index (χ3n) is 3.86. The SMILES string of the molecule is Cc1cc(C)cc(-c2nc3cc(NC(=O)c4ccco4)ccc3o2)c1. The van der Waals surface area contributed by atoms with Crippen LogP contribution in [-0.2, 0) is 0 Å². The minimum atomic E-state index is -0.303. The van der Waals surface area contributed by atoms with Crippen LogP contribution in [-0.4, -0.2) is 10.9 Å². The Morgan fingerprint density at radius 3 is 2.56 bits per heavy atom. The highest BCUT2D eigenvalue weighted by Crippen LogP contribution is 2.27. The fourth-order valence-corrected chi connectivity index (χ4v) is 2.83. The number of amides is 1. The number of fused-ring (bicyclic) bond motifs is 1. The summed E-state index contributed by atoms with van der Waals surface area (Å²) in [6.45, 7) is 4.09. The molecule has 1 amide bonds. The van der Waals surface area contributed by atoms with Crippen molar-refractivity contribution in [2.24, 2.45) is 0 Å². The Bertz CT molecular complexity index is 1040. The molecular weight excluding hydrogens is 316 g/mol. The highest BCUT2D eigenvalue weighted by atomic mass is 16.3. The van der Waals surface area contributed by atoms with Crippen LogP contribution in [0.15, 0.2) is 63.6 Å². The van der Waals surface area contributed by atoms with Gasteiger partial charge in [0.2, 0.25) is 5.89 Å². The summed E-state index contributed by atoms with van der Waals surface area (Å²) in [4.78, 5) is 16.6. The van der Waals surface area contributed by atoms with Crippen LogP contribution >= 0.6 is 0 Å². The Balaban J connectivity index is 1.66. The lowest BCUT2D eigenvalue weighted by atomic mass is 10.1. The molecule has 0 atom stereocenters. The summed E-state index contributed by atoms with van der Waals surface area (Å²) in [5.41, 5.74) is 5.24. The molecule has 5 heteroatoms. The molecule has 25 heavy (non-hydrogen) atoms. The first-order valence-corrected chi connectivity index (χ1v) is 7.92. The molecular formula is C20H16N2O3. The van der Waals surface area contributed by atoms with E-state index in [0.717, 1.165) is 16.7 Å². The second-order valence-corrected chi connectivity index (χ2v) is 6.01. The highest BCUT2D eigenvalue weighted by molar-refractivity contribution is 6.03. The first-order valence-electron chi connectivity index (χ1n) is 7.92. The van der Waals surface area contributed by atoms with E-state index in [2.05, 4.69) is 16.4 Å². The largest absolute Gasteiger partial charge is 0.459 e. The van der Waals surface area contributed by atoms with Gasteiger partial charge in [0.1, 0.15) is 5.52 Å². The molecule has 0 saturated heterocycles. The van der Waals surface area contributed by atoms with Gasteiger partial charge in [-0.3, -0.25) is 4.79 Å². The Labute approximate surface area is 144 Å². The molecule has 0 unspecified atom stereocenters. The maximum Gasteiger partial charge on any atom is 0.291 e. The molecule has 5 nitrogen and oxygen atoms in total. The Morgan fingerprint density at radius 2 is 1.84 bits per heavy atom. The van der Waals surface area contributed by atoms with Crippen LogP contribution in [0.2, 0.25) is 0 Å². The minimum Gasteiger partial charge on any atom is -0.459 e. The Kier molecular flexibility index (Phi) is 3.61. The highest BCUT2D eigenvalue weighted by Gasteiger charge is 2.12. The van der Waals surface area contributed by atoms with Crippen molar-refractivity contribution in [2.75, 3.05) is 5.32 Å². The molecule has 4 rings (SSSR count). The summed E-state index contributed by atoms with van der Waals surface area (Å²) >= 11 is 0. The molecule has 2 heterocycles. The summed E-state index contributed by atoms with van der Waals surface area (Å²) in [5, 5.41) is 2.79. The van der Waals surface area contributed by atoms with Crippen LogP contribution in [0.25, 0.3) is 22.6 Å². The number of benzene rings is 2. The van der Waals surface area contributed by atoms with Crippen LogP contribution < -0.4 is 5.32 Å². The molecule has 4 aromatic rings. The molecule has 0 aliphatic carbocycles. The van der Waals surface area contributed by atoms with Gasteiger partial charge in [-0.05, 0) is 56.3 Å². The minimum absolute atomic E-state index is 0.260. The van der Waals surface area contributed by atoms with Gasteiger partial charge in [0, 0.05) is 11.3 Å². The van der Waals surface area contributed by atoms with Gasteiger partial charge in [-0.25, -0.2) is 4.98 Å². The molecule has 124 valence electrons. The molecule has 0 saturated carbocycles. The van der Waals surface area contributed by atoms with E-state index in [1.54, 1.807) is 30.3 Å². The van der Waals surface area contributed by atoms with Crippen molar-refractivity contribution in [2.45, 2.75) is 13.8 Å². The van der Waals surface area contributed by atoms with Crippen molar-refractivity contribution < 1.29 is 13.6 Å². The normalized spacial score (nSPS) is 11.0. The predicted molar refractivity (Wildman–Crippen MR) is 95.6 cm³/mol. The number of aromatic nitrogens is 1. The van der Waals surface area contributed by atoms with Gasteiger partial charge in [-0.2, -0.15) is 0 Å². The van der Waals surface area contributed by atoms with Gasteiger partial charge < -0.3 is 14.2 Å². The zero-order valence-electron chi connectivity index (χ0n) is 13.9. The van der Waals surface area contributed by atoms with Crippen molar-refractivity contribution in [3.63, 3.8) is 0 Å².